The van der Waals surface area contributed by atoms with Crippen molar-refractivity contribution >= 4 is 11.9 Å². The second kappa shape index (κ2) is 9.77. The van der Waals surface area contributed by atoms with Crippen LogP contribution in [0.25, 0.3) is 11.1 Å². The third-order valence-electron chi connectivity index (χ3n) is 5.69. The van der Waals surface area contributed by atoms with Crippen LogP contribution in [0.5, 0.6) is 5.75 Å². The van der Waals surface area contributed by atoms with Crippen molar-refractivity contribution in [3.63, 3.8) is 0 Å². The molecule has 0 radical (unpaired) electrons. The lowest BCUT2D eigenvalue weighted by Gasteiger charge is -2.36. The third-order valence-corrected chi connectivity index (χ3v) is 5.69. The number of ether oxygens (including phenoxy) is 1. The number of rotatable bonds is 6. The molecule has 7 heteroatoms. The second-order valence-corrected chi connectivity index (χ2v) is 8.04. The van der Waals surface area contributed by atoms with Crippen molar-refractivity contribution in [3.05, 3.63) is 66.2 Å². The van der Waals surface area contributed by atoms with Crippen LogP contribution in [0.2, 0.25) is 0 Å². The van der Waals surface area contributed by atoms with Gasteiger partial charge in [0.15, 0.2) is 0 Å². The number of likely N-dealkylation sites (tertiary alicyclic amines) is 1. The molecule has 0 aliphatic carbocycles. The summed E-state index contributed by atoms with van der Waals surface area (Å²) in [6.07, 6.45) is 8.25. The van der Waals surface area contributed by atoms with Gasteiger partial charge in [-0.2, -0.15) is 0 Å². The first-order chi connectivity index (χ1) is 15.6. The molecule has 4 rings (SSSR count). The Morgan fingerprint density at radius 3 is 2.69 bits per heavy atom. The van der Waals surface area contributed by atoms with Crippen molar-refractivity contribution in [1.29, 1.82) is 0 Å². The highest BCUT2D eigenvalue weighted by atomic mass is 16.5. The molecule has 0 saturated carbocycles. The van der Waals surface area contributed by atoms with E-state index >= 15 is 0 Å². The van der Waals surface area contributed by atoms with E-state index in [2.05, 4.69) is 9.97 Å². The van der Waals surface area contributed by atoms with Crippen LogP contribution in [0.1, 0.15) is 48.3 Å². The number of pyridine rings is 1. The molecule has 32 heavy (non-hydrogen) atoms. The molecule has 0 unspecified atom stereocenters. The van der Waals surface area contributed by atoms with Crippen LogP contribution in [0.4, 0.5) is 5.95 Å². The van der Waals surface area contributed by atoms with Crippen LogP contribution >= 0.6 is 0 Å². The molecule has 2 aromatic heterocycles. The highest BCUT2D eigenvalue weighted by Crippen LogP contribution is 2.37. The third kappa shape index (κ3) is 4.42. The van der Waals surface area contributed by atoms with Crippen LogP contribution in [-0.2, 0) is 0 Å². The number of aromatic nitrogens is 3. The Hall–Kier alpha value is -3.48. The van der Waals surface area contributed by atoms with Crippen molar-refractivity contribution in [2.45, 2.75) is 32.2 Å². The molecule has 1 aromatic carbocycles. The monoisotopic (exact) mass is 431 g/mol. The van der Waals surface area contributed by atoms with Gasteiger partial charge in [-0.05, 0) is 56.0 Å². The minimum absolute atomic E-state index is 0.0237. The molecule has 0 N–H and O–H groups in total. The Balaban J connectivity index is 1.79. The number of nitrogens with zero attached hydrogens (tertiary/aromatic N) is 5. The van der Waals surface area contributed by atoms with Gasteiger partial charge in [-0.3, -0.25) is 9.78 Å². The van der Waals surface area contributed by atoms with E-state index in [0.29, 0.717) is 30.4 Å². The topological polar surface area (TPSA) is 71.5 Å². The average Bonchev–Trinajstić information content (AvgIpc) is 2.84. The van der Waals surface area contributed by atoms with Crippen LogP contribution in [0, 0.1) is 0 Å². The normalized spacial score (nSPS) is 16.0. The largest absolute Gasteiger partial charge is 0.493 e. The molecule has 0 bridgehead atoms. The van der Waals surface area contributed by atoms with E-state index in [1.54, 1.807) is 12.4 Å². The number of carbonyl (C=O) groups is 1. The van der Waals surface area contributed by atoms with Gasteiger partial charge >= 0.3 is 0 Å². The Labute approximate surface area is 189 Å². The summed E-state index contributed by atoms with van der Waals surface area (Å²) in [5, 5.41) is 0. The standard InChI is InChI=1S/C25H29N5O2/c1-4-32-22-11-6-5-9-19(22)24(31)30-16-8-7-10-21(30)23-20(18-12-14-26-15-13-18)17-27-25(28-23)29(2)3/h5-6,9,11-15,17,21H,4,7-8,10,16H2,1-3H3/t21-/m1/s1. The molecule has 3 aromatic rings. The summed E-state index contributed by atoms with van der Waals surface area (Å²) in [5.74, 6) is 1.23. The molecule has 1 atom stereocenters. The molecule has 166 valence electrons. The predicted octanol–water partition coefficient (Wildman–Crippen LogP) is 4.37. The predicted molar refractivity (Wildman–Crippen MR) is 125 cm³/mol. The van der Waals surface area contributed by atoms with Gasteiger partial charge in [0.25, 0.3) is 5.91 Å². The summed E-state index contributed by atoms with van der Waals surface area (Å²) in [7, 11) is 3.85. The van der Waals surface area contributed by atoms with Crippen molar-refractivity contribution < 1.29 is 9.53 Å². The first kappa shape index (κ1) is 21.7. The fourth-order valence-electron chi connectivity index (χ4n) is 4.15. The number of benzene rings is 1. The zero-order chi connectivity index (χ0) is 22.5. The van der Waals surface area contributed by atoms with Crippen LogP contribution in [0.3, 0.4) is 0 Å². The second-order valence-electron chi connectivity index (χ2n) is 8.04. The molecule has 1 fully saturated rings. The maximum Gasteiger partial charge on any atom is 0.258 e. The van der Waals surface area contributed by atoms with E-state index in [0.717, 1.165) is 36.1 Å². The molecule has 1 saturated heterocycles. The first-order valence-electron chi connectivity index (χ1n) is 11.1. The number of amides is 1. The van der Waals surface area contributed by atoms with Gasteiger partial charge in [-0.1, -0.05) is 12.1 Å². The minimum Gasteiger partial charge on any atom is -0.493 e. The smallest absolute Gasteiger partial charge is 0.258 e. The molecular weight excluding hydrogens is 402 g/mol. The van der Waals surface area contributed by atoms with Gasteiger partial charge < -0.3 is 14.5 Å². The molecule has 7 nitrogen and oxygen atoms in total. The first-order valence-corrected chi connectivity index (χ1v) is 11.1. The summed E-state index contributed by atoms with van der Waals surface area (Å²) >= 11 is 0. The van der Waals surface area contributed by atoms with E-state index in [-0.39, 0.29) is 11.9 Å². The molecule has 0 spiro atoms. The molecule has 3 heterocycles. The van der Waals surface area contributed by atoms with Gasteiger partial charge in [0.2, 0.25) is 5.95 Å². The fourth-order valence-corrected chi connectivity index (χ4v) is 4.15. The highest BCUT2D eigenvalue weighted by Gasteiger charge is 2.33. The van der Waals surface area contributed by atoms with Gasteiger partial charge in [0, 0.05) is 44.8 Å². The summed E-state index contributed by atoms with van der Waals surface area (Å²) in [4.78, 5) is 31.2. The SMILES string of the molecule is CCOc1ccccc1C(=O)N1CCCC[C@@H]1c1nc(N(C)C)ncc1-c1ccncc1. The summed E-state index contributed by atoms with van der Waals surface area (Å²) in [5.41, 5.74) is 3.39. The van der Waals surface area contributed by atoms with Crippen LogP contribution in [0.15, 0.2) is 55.0 Å². The Kier molecular flexibility index (Phi) is 6.63. The lowest BCUT2D eigenvalue weighted by Crippen LogP contribution is -2.39. The van der Waals surface area contributed by atoms with Gasteiger partial charge in [-0.25, -0.2) is 9.97 Å². The van der Waals surface area contributed by atoms with Crippen molar-refractivity contribution in [3.8, 4) is 16.9 Å². The summed E-state index contributed by atoms with van der Waals surface area (Å²) in [6, 6.07) is 11.2. The molecule has 1 amide bonds. The van der Waals surface area contributed by atoms with Crippen molar-refractivity contribution in [2.24, 2.45) is 0 Å². The average molecular weight is 432 g/mol. The lowest BCUT2D eigenvalue weighted by molar-refractivity contribution is 0.0602. The highest BCUT2D eigenvalue weighted by molar-refractivity contribution is 5.97. The lowest BCUT2D eigenvalue weighted by atomic mass is 9.93. The van der Waals surface area contributed by atoms with E-state index in [1.165, 1.54) is 0 Å². The number of para-hydroxylation sites is 1. The van der Waals surface area contributed by atoms with Gasteiger partial charge in [0.1, 0.15) is 5.75 Å². The van der Waals surface area contributed by atoms with E-state index < -0.39 is 0 Å². The van der Waals surface area contributed by atoms with Crippen molar-refractivity contribution in [2.75, 3.05) is 32.1 Å². The maximum absolute atomic E-state index is 13.7. The van der Waals surface area contributed by atoms with E-state index in [9.17, 15) is 4.79 Å². The number of hydrogen-bond donors (Lipinski definition) is 0. The Morgan fingerprint density at radius 1 is 1.16 bits per heavy atom. The Morgan fingerprint density at radius 2 is 1.94 bits per heavy atom. The van der Waals surface area contributed by atoms with Gasteiger partial charge in [-0.15, -0.1) is 0 Å². The molecular formula is C25H29N5O2. The number of carbonyl (C=O) groups excluding carboxylic acids is 1. The minimum atomic E-state index is -0.143. The zero-order valence-corrected chi connectivity index (χ0v) is 18.9. The van der Waals surface area contributed by atoms with E-state index in [1.807, 2.05) is 73.4 Å². The van der Waals surface area contributed by atoms with Crippen molar-refractivity contribution in [1.82, 2.24) is 19.9 Å². The number of anilines is 1. The van der Waals surface area contributed by atoms with Crippen LogP contribution < -0.4 is 9.64 Å². The zero-order valence-electron chi connectivity index (χ0n) is 18.9. The number of hydrogen-bond acceptors (Lipinski definition) is 6. The molecule has 1 aliphatic heterocycles. The Bertz CT molecular complexity index is 1070. The quantitative estimate of drug-likeness (QED) is 0.577. The van der Waals surface area contributed by atoms with Gasteiger partial charge in [0.05, 0.1) is 23.9 Å². The van der Waals surface area contributed by atoms with Crippen LogP contribution in [-0.4, -0.2) is 53.0 Å². The maximum atomic E-state index is 13.7. The van der Waals surface area contributed by atoms with E-state index in [4.69, 9.17) is 9.72 Å². The molecule has 1 aliphatic rings. The fraction of sp³-hybridized carbons (Fsp3) is 0.360. The summed E-state index contributed by atoms with van der Waals surface area (Å²) < 4.78 is 5.75. The number of piperidine rings is 1. The summed E-state index contributed by atoms with van der Waals surface area (Å²) in [6.45, 7) is 3.12.